The first-order valence-corrected chi connectivity index (χ1v) is 8.02. The van der Waals surface area contributed by atoms with E-state index in [-0.39, 0.29) is 12.5 Å². The van der Waals surface area contributed by atoms with Gasteiger partial charge in [-0.2, -0.15) is 0 Å². The van der Waals surface area contributed by atoms with Gasteiger partial charge in [-0.15, -0.1) is 5.10 Å². The van der Waals surface area contributed by atoms with Gasteiger partial charge in [0.15, 0.2) is 5.69 Å². The third kappa shape index (κ3) is 4.89. The first-order valence-electron chi connectivity index (χ1n) is 8.02. The number of hydrogen-bond acceptors (Lipinski definition) is 4. The van der Waals surface area contributed by atoms with Gasteiger partial charge in [-0.05, 0) is 43.4 Å². The predicted octanol–water partition coefficient (Wildman–Crippen LogP) is 2.10. The monoisotopic (exact) mass is 316 g/mol. The summed E-state index contributed by atoms with van der Waals surface area (Å²) in [6.45, 7) is 4.79. The third-order valence-electron chi connectivity index (χ3n) is 3.78. The molecule has 1 unspecified atom stereocenters. The lowest BCUT2D eigenvalue weighted by Gasteiger charge is -2.14. The van der Waals surface area contributed by atoms with Crippen LogP contribution < -0.4 is 5.32 Å². The van der Waals surface area contributed by atoms with Crippen molar-refractivity contribution in [3.05, 3.63) is 41.7 Å². The standard InChI is InChI=1S/C17H24N4O2/c1-3-5-14(8-9-22)11-18-17(23)16-12-21(20-19-16)15-7-4-6-13(2)10-15/h4,6-7,10,12,14,22H,3,5,8-9,11H2,1-2H3,(H,18,23). The number of hydrogen-bond donors (Lipinski definition) is 2. The maximum absolute atomic E-state index is 12.2. The zero-order valence-electron chi connectivity index (χ0n) is 13.7. The van der Waals surface area contributed by atoms with Gasteiger partial charge >= 0.3 is 0 Å². The van der Waals surface area contributed by atoms with Crippen molar-refractivity contribution in [3.8, 4) is 5.69 Å². The highest BCUT2D eigenvalue weighted by molar-refractivity contribution is 5.91. The van der Waals surface area contributed by atoms with Crippen LogP contribution in [0.25, 0.3) is 5.69 Å². The zero-order chi connectivity index (χ0) is 16.7. The molecule has 1 atom stereocenters. The number of aliphatic hydroxyl groups is 1. The molecule has 1 amide bonds. The molecule has 6 nitrogen and oxygen atoms in total. The third-order valence-corrected chi connectivity index (χ3v) is 3.78. The molecule has 23 heavy (non-hydrogen) atoms. The van der Waals surface area contributed by atoms with Crippen molar-refractivity contribution in [3.63, 3.8) is 0 Å². The Morgan fingerprint density at radius 1 is 1.39 bits per heavy atom. The minimum atomic E-state index is -0.233. The summed E-state index contributed by atoms with van der Waals surface area (Å²) in [7, 11) is 0. The first kappa shape index (κ1) is 17.1. The average Bonchev–Trinajstić information content (AvgIpc) is 3.03. The molecule has 0 fully saturated rings. The number of aryl methyl sites for hydroxylation is 1. The zero-order valence-corrected chi connectivity index (χ0v) is 13.7. The Kier molecular flexibility index (Phi) is 6.29. The summed E-state index contributed by atoms with van der Waals surface area (Å²) >= 11 is 0. The molecule has 0 radical (unpaired) electrons. The highest BCUT2D eigenvalue weighted by Crippen LogP contribution is 2.11. The topological polar surface area (TPSA) is 80.0 Å². The second kappa shape index (κ2) is 8.43. The van der Waals surface area contributed by atoms with Crippen molar-refractivity contribution in [2.24, 2.45) is 5.92 Å². The minimum absolute atomic E-state index is 0.143. The number of carbonyl (C=O) groups is 1. The summed E-state index contributed by atoms with van der Waals surface area (Å²) in [4.78, 5) is 12.2. The van der Waals surface area contributed by atoms with Crippen molar-refractivity contribution < 1.29 is 9.90 Å². The number of nitrogens with one attached hydrogen (secondary N) is 1. The fraction of sp³-hybridized carbons (Fsp3) is 0.471. The number of rotatable bonds is 8. The summed E-state index contributed by atoms with van der Waals surface area (Å²) in [5, 5.41) is 19.9. The molecule has 0 aliphatic rings. The summed E-state index contributed by atoms with van der Waals surface area (Å²) in [6, 6.07) is 7.84. The van der Waals surface area contributed by atoms with Crippen molar-refractivity contribution in [1.82, 2.24) is 20.3 Å². The van der Waals surface area contributed by atoms with Gasteiger partial charge in [0.2, 0.25) is 0 Å². The van der Waals surface area contributed by atoms with Gasteiger partial charge in [0, 0.05) is 13.2 Å². The Bertz CT molecular complexity index is 633. The molecule has 2 aromatic rings. The van der Waals surface area contributed by atoms with Crippen LogP contribution in [0.3, 0.4) is 0 Å². The van der Waals surface area contributed by atoms with Crippen LogP contribution in [0.5, 0.6) is 0 Å². The van der Waals surface area contributed by atoms with E-state index >= 15 is 0 Å². The van der Waals surface area contributed by atoms with Crippen LogP contribution in [0.15, 0.2) is 30.5 Å². The van der Waals surface area contributed by atoms with E-state index in [2.05, 4.69) is 22.6 Å². The molecule has 0 bridgehead atoms. The molecule has 0 saturated carbocycles. The van der Waals surface area contributed by atoms with E-state index in [0.717, 1.165) is 24.1 Å². The number of aromatic nitrogens is 3. The van der Waals surface area contributed by atoms with Crippen molar-refractivity contribution in [1.29, 1.82) is 0 Å². The molecule has 0 saturated heterocycles. The number of nitrogens with zero attached hydrogens (tertiary/aromatic N) is 3. The van der Waals surface area contributed by atoms with Gasteiger partial charge in [-0.25, -0.2) is 4.68 Å². The smallest absolute Gasteiger partial charge is 0.273 e. The summed E-state index contributed by atoms with van der Waals surface area (Å²) in [6.07, 6.45) is 4.34. The maximum atomic E-state index is 12.2. The van der Waals surface area contributed by atoms with Crippen molar-refractivity contribution in [2.45, 2.75) is 33.1 Å². The largest absolute Gasteiger partial charge is 0.396 e. The second-order valence-corrected chi connectivity index (χ2v) is 5.76. The van der Waals surface area contributed by atoms with Crippen LogP contribution in [-0.4, -0.2) is 39.2 Å². The highest BCUT2D eigenvalue weighted by Gasteiger charge is 2.14. The van der Waals surface area contributed by atoms with Gasteiger partial charge in [0.05, 0.1) is 11.9 Å². The Morgan fingerprint density at radius 2 is 2.22 bits per heavy atom. The van der Waals surface area contributed by atoms with Crippen LogP contribution in [0.4, 0.5) is 0 Å². The normalized spacial score (nSPS) is 12.1. The van der Waals surface area contributed by atoms with Crippen LogP contribution in [0, 0.1) is 12.8 Å². The van der Waals surface area contributed by atoms with Gasteiger partial charge in [0.25, 0.3) is 5.91 Å². The number of aliphatic hydroxyl groups excluding tert-OH is 1. The number of benzene rings is 1. The van der Waals surface area contributed by atoms with E-state index in [1.54, 1.807) is 10.9 Å². The lowest BCUT2D eigenvalue weighted by atomic mass is 10.0. The van der Waals surface area contributed by atoms with E-state index in [0.29, 0.717) is 24.6 Å². The predicted molar refractivity (Wildman–Crippen MR) is 88.5 cm³/mol. The maximum Gasteiger partial charge on any atom is 0.273 e. The number of carbonyl (C=O) groups excluding carboxylic acids is 1. The Balaban J connectivity index is 1.98. The second-order valence-electron chi connectivity index (χ2n) is 5.76. The molecular formula is C17H24N4O2. The number of amides is 1. The quantitative estimate of drug-likeness (QED) is 0.781. The summed E-state index contributed by atoms with van der Waals surface area (Å²) < 4.78 is 1.60. The minimum Gasteiger partial charge on any atom is -0.396 e. The Labute approximate surface area is 136 Å². The SMILES string of the molecule is CCCC(CCO)CNC(=O)c1cn(-c2cccc(C)c2)nn1. The van der Waals surface area contributed by atoms with E-state index < -0.39 is 0 Å². The van der Waals surface area contributed by atoms with Crippen LogP contribution in [0.1, 0.15) is 42.2 Å². The molecule has 124 valence electrons. The molecule has 1 aromatic heterocycles. The summed E-state index contributed by atoms with van der Waals surface area (Å²) in [5.41, 5.74) is 2.29. The van der Waals surface area contributed by atoms with Gasteiger partial charge in [-0.3, -0.25) is 4.79 Å². The fourth-order valence-corrected chi connectivity index (χ4v) is 2.53. The fourth-order valence-electron chi connectivity index (χ4n) is 2.53. The van der Waals surface area contributed by atoms with Crippen LogP contribution >= 0.6 is 0 Å². The summed E-state index contributed by atoms with van der Waals surface area (Å²) in [5.74, 6) is 0.0590. The lowest BCUT2D eigenvalue weighted by Crippen LogP contribution is -2.30. The molecule has 0 aliphatic carbocycles. The molecule has 1 aromatic carbocycles. The molecule has 1 heterocycles. The van der Waals surface area contributed by atoms with Gasteiger partial charge < -0.3 is 10.4 Å². The van der Waals surface area contributed by atoms with Gasteiger partial charge in [0.1, 0.15) is 0 Å². The average molecular weight is 316 g/mol. The lowest BCUT2D eigenvalue weighted by molar-refractivity contribution is 0.0938. The molecule has 0 aliphatic heterocycles. The molecule has 2 N–H and O–H groups in total. The highest BCUT2D eigenvalue weighted by atomic mass is 16.3. The molecule has 2 rings (SSSR count). The Morgan fingerprint density at radius 3 is 2.91 bits per heavy atom. The van der Waals surface area contributed by atoms with Crippen LogP contribution in [-0.2, 0) is 0 Å². The first-order chi connectivity index (χ1) is 11.1. The van der Waals surface area contributed by atoms with Crippen molar-refractivity contribution >= 4 is 5.91 Å². The van der Waals surface area contributed by atoms with Crippen LogP contribution in [0.2, 0.25) is 0 Å². The van der Waals surface area contributed by atoms with E-state index in [4.69, 9.17) is 5.11 Å². The van der Waals surface area contributed by atoms with E-state index in [1.165, 1.54) is 0 Å². The van der Waals surface area contributed by atoms with Gasteiger partial charge in [-0.1, -0.05) is 30.7 Å². The van der Waals surface area contributed by atoms with E-state index in [9.17, 15) is 4.79 Å². The van der Waals surface area contributed by atoms with E-state index in [1.807, 2.05) is 31.2 Å². The molecular weight excluding hydrogens is 292 g/mol. The molecule has 6 heteroatoms. The Hall–Kier alpha value is -2.21. The van der Waals surface area contributed by atoms with Crippen molar-refractivity contribution in [2.75, 3.05) is 13.2 Å². The molecule has 0 spiro atoms.